The Balaban J connectivity index is 1.48. The van der Waals surface area contributed by atoms with E-state index in [1.165, 1.54) is 19.1 Å². The third kappa shape index (κ3) is 10.6. The van der Waals surface area contributed by atoms with Gasteiger partial charge in [-0.3, -0.25) is 24.1 Å². The molecule has 4 atom stereocenters. The van der Waals surface area contributed by atoms with Crippen molar-refractivity contribution in [2.75, 3.05) is 39.5 Å². The molecule has 0 spiro atoms. The minimum Gasteiger partial charge on any atom is -0.406 e. The van der Waals surface area contributed by atoms with Crippen molar-refractivity contribution in [3.05, 3.63) is 65.7 Å². The van der Waals surface area contributed by atoms with Gasteiger partial charge >= 0.3 is 6.36 Å². The molecule has 10 nitrogen and oxygen atoms in total. The number of ketones is 2. The number of epoxide rings is 1. The Kier molecular flexibility index (Phi) is 11.3. The number of halogens is 3. The molecule has 2 amide bonds. The summed E-state index contributed by atoms with van der Waals surface area (Å²) < 4.78 is 52.5. The van der Waals surface area contributed by atoms with E-state index in [0.717, 1.165) is 17.7 Å². The first-order chi connectivity index (χ1) is 21.3. The summed E-state index contributed by atoms with van der Waals surface area (Å²) in [4.78, 5) is 54.9. The second kappa shape index (κ2) is 15.0. The smallest absolute Gasteiger partial charge is 0.406 e. The molecule has 13 heteroatoms. The van der Waals surface area contributed by atoms with Crippen molar-refractivity contribution in [2.24, 2.45) is 5.92 Å². The number of hydrogen-bond donors (Lipinski definition) is 2. The number of nitrogens with zero attached hydrogens (tertiary/aromatic N) is 1. The maximum atomic E-state index is 13.8. The molecule has 4 rings (SSSR count). The standard InChI is InChI=1S/C32H38F3N3O7/c1-21(36-28(40)19-38-12-14-43-15-13-38)27(39)18-24(16-23-8-10-25(11-9-23)45-32(33,34)35)30(42)37-26(29(41)31(2)20-44-31)17-22-6-4-3-5-7-22/h3-11,21,24,26H,12-20H2,1-2H3,(H,36,40)(H,37,42). The highest BCUT2D eigenvalue weighted by Crippen LogP contribution is 2.29. The van der Waals surface area contributed by atoms with Gasteiger partial charge in [-0.05, 0) is 49.9 Å². The third-order valence-electron chi connectivity index (χ3n) is 7.80. The van der Waals surface area contributed by atoms with E-state index in [1.54, 1.807) is 6.92 Å². The van der Waals surface area contributed by atoms with Crippen LogP contribution < -0.4 is 15.4 Å². The second-order valence-corrected chi connectivity index (χ2v) is 11.6. The zero-order valence-corrected chi connectivity index (χ0v) is 25.2. The first-order valence-corrected chi connectivity index (χ1v) is 14.8. The van der Waals surface area contributed by atoms with E-state index in [0.29, 0.717) is 31.9 Å². The molecule has 0 bridgehead atoms. The number of hydrogen-bond acceptors (Lipinski definition) is 8. The molecule has 2 heterocycles. The number of amides is 2. The first kappa shape index (κ1) is 34.1. The summed E-state index contributed by atoms with van der Waals surface area (Å²) in [6.07, 6.45) is -4.96. The van der Waals surface area contributed by atoms with Gasteiger partial charge in [-0.15, -0.1) is 13.2 Å². The monoisotopic (exact) mass is 633 g/mol. The van der Waals surface area contributed by atoms with Crippen LogP contribution >= 0.6 is 0 Å². The normalized spacial score (nSPS) is 20.4. The van der Waals surface area contributed by atoms with Gasteiger partial charge in [0, 0.05) is 25.4 Å². The summed E-state index contributed by atoms with van der Waals surface area (Å²) in [6, 6.07) is 12.3. The molecule has 2 N–H and O–H groups in total. The highest BCUT2D eigenvalue weighted by atomic mass is 19.4. The molecular weight excluding hydrogens is 595 g/mol. The maximum Gasteiger partial charge on any atom is 0.573 e. The van der Waals surface area contributed by atoms with Crippen molar-refractivity contribution in [3.8, 4) is 5.75 Å². The van der Waals surface area contributed by atoms with Crippen molar-refractivity contribution >= 4 is 23.4 Å². The van der Waals surface area contributed by atoms with Gasteiger partial charge in [-0.1, -0.05) is 42.5 Å². The lowest BCUT2D eigenvalue weighted by Crippen LogP contribution is -2.50. The van der Waals surface area contributed by atoms with Crippen LogP contribution in [0, 0.1) is 5.92 Å². The zero-order chi connectivity index (χ0) is 32.6. The molecule has 2 aromatic rings. The zero-order valence-electron chi connectivity index (χ0n) is 25.2. The SMILES string of the molecule is CC(NC(=O)CN1CCOCC1)C(=O)CC(Cc1ccc(OC(F)(F)F)cc1)C(=O)NC(Cc1ccccc1)C(=O)C1(C)CO1. The fraction of sp³-hybridized carbons (Fsp3) is 0.500. The topological polar surface area (TPSA) is 127 Å². The molecule has 0 saturated carbocycles. The Morgan fingerprint density at radius 1 is 0.956 bits per heavy atom. The Bertz CT molecular complexity index is 1330. The summed E-state index contributed by atoms with van der Waals surface area (Å²) >= 11 is 0. The summed E-state index contributed by atoms with van der Waals surface area (Å²) in [5, 5.41) is 5.50. The number of alkyl halides is 3. The average molecular weight is 634 g/mol. The Morgan fingerprint density at radius 2 is 1.58 bits per heavy atom. The van der Waals surface area contributed by atoms with E-state index in [4.69, 9.17) is 9.47 Å². The fourth-order valence-corrected chi connectivity index (χ4v) is 5.09. The summed E-state index contributed by atoms with van der Waals surface area (Å²) in [7, 11) is 0. The number of nitrogens with one attached hydrogen (secondary N) is 2. The Hall–Kier alpha value is -3.81. The summed E-state index contributed by atoms with van der Waals surface area (Å²) in [5.41, 5.74) is 0.265. The quantitative estimate of drug-likeness (QED) is 0.287. The lowest BCUT2D eigenvalue weighted by atomic mass is 9.89. The van der Waals surface area contributed by atoms with Crippen LogP contribution in [0.4, 0.5) is 13.2 Å². The molecule has 0 radical (unpaired) electrons. The molecule has 2 saturated heterocycles. The van der Waals surface area contributed by atoms with Gasteiger partial charge in [0.15, 0.2) is 11.6 Å². The molecule has 0 aliphatic carbocycles. The van der Waals surface area contributed by atoms with E-state index in [1.807, 2.05) is 35.2 Å². The number of rotatable bonds is 15. The van der Waals surface area contributed by atoms with E-state index in [9.17, 15) is 32.3 Å². The van der Waals surface area contributed by atoms with Crippen molar-refractivity contribution < 1.29 is 46.6 Å². The van der Waals surface area contributed by atoms with Crippen molar-refractivity contribution in [3.63, 3.8) is 0 Å². The predicted octanol–water partition coefficient (Wildman–Crippen LogP) is 2.63. The van der Waals surface area contributed by atoms with Crippen LogP contribution in [0.2, 0.25) is 0 Å². The summed E-state index contributed by atoms with van der Waals surface area (Å²) in [5.74, 6) is -3.06. The van der Waals surface area contributed by atoms with Crippen LogP contribution in [-0.4, -0.2) is 91.8 Å². The summed E-state index contributed by atoms with van der Waals surface area (Å²) in [6.45, 7) is 5.72. The number of benzene rings is 2. The molecule has 0 aromatic heterocycles. The van der Waals surface area contributed by atoms with Crippen LogP contribution in [-0.2, 0) is 41.5 Å². The van der Waals surface area contributed by atoms with Gasteiger partial charge in [0.1, 0.15) is 11.4 Å². The lowest BCUT2D eigenvalue weighted by Gasteiger charge is -2.27. The van der Waals surface area contributed by atoms with Crippen LogP contribution in [0.1, 0.15) is 31.4 Å². The molecular formula is C32H38F3N3O7. The number of ether oxygens (including phenoxy) is 3. The third-order valence-corrected chi connectivity index (χ3v) is 7.80. The predicted molar refractivity (Wildman–Crippen MR) is 156 cm³/mol. The van der Waals surface area contributed by atoms with Gasteiger partial charge in [0.05, 0.1) is 38.4 Å². The number of carbonyl (C=O) groups excluding carboxylic acids is 4. The highest BCUT2D eigenvalue weighted by molar-refractivity contribution is 5.98. The van der Waals surface area contributed by atoms with Crippen molar-refractivity contribution in [2.45, 2.75) is 57.2 Å². The van der Waals surface area contributed by atoms with Gasteiger partial charge in [0.25, 0.3) is 0 Å². The molecule has 244 valence electrons. The van der Waals surface area contributed by atoms with Crippen LogP contribution in [0.25, 0.3) is 0 Å². The minimum atomic E-state index is -4.86. The van der Waals surface area contributed by atoms with E-state index >= 15 is 0 Å². The fourth-order valence-electron chi connectivity index (χ4n) is 5.09. The van der Waals surface area contributed by atoms with Crippen LogP contribution in [0.3, 0.4) is 0 Å². The molecule has 2 aliphatic heterocycles. The van der Waals surface area contributed by atoms with E-state index in [2.05, 4.69) is 15.4 Å². The number of morpholine rings is 1. The number of carbonyl (C=O) groups is 4. The molecule has 45 heavy (non-hydrogen) atoms. The Morgan fingerprint density at radius 3 is 2.18 bits per heavy atom. The first-order valence-electron chi connectivity index (χ1n) is 14.8. The molecule has 2 fully saturated rings. The van der Waals surface area contributed by atoms with Crippen molar-refractivity contribution in [1.82, 2.24) is 15.5 Å². The highest BCUT2D eigenvalue weighted by Gasteiger charge is 2.50. The minimum absolute atomic E-state index is 0.0155. The second-order valence-electron chi connectivity index (χ2n) is 11.6. The van der Waals surface area contributed by atoms with Gasteiger partial charge in [-0.2, -0.15) is 0 Å². The molecule has 2 aliphatic rings. The van der Waals surface area contributed by atoms with Gasteiger partial charge in [-0.25, -0.2) is 0 Å². The van der Waals surface area contributed by atoms with Crippen LogP contribution in [0.15, 0.2) is 54.6 Å². The lowest BCUT2D eigenvalue weighted by molar-refractivity contribution is -0.274. The van der Waals surface area contributed by atoms with Crippen LogP contribution in [0.5, 0.6) is 5.75 Å². The Labute approximate surface area is 259 Å². The average Bonchev–Trinajstić information content (AvgIpc) is 3.75. The largest absolute Gasteiger partial charge is 0.573 e. The number of Topliss-reactive ketones (excluding diaryl/α,β-unsaturated/α-hetero) is 2. The van der Waals surface area contributed by atoms with Crippen molar-refractivity contribution in [1.29, 1.82) is 0 Å². The molecule has 4 unspecified atom stereocenters. The van der Waals surface area contributed by atoms with Gasteiger partial charge < -0.3 is 24.8 Å². The molecule has 2 aromatic carbocycles. The van der Waals surface area contributed by atoms with Gasteiger partial charge in [0.2, 0.25) is 11.8 Å². The maximum absolute atomic E-state index is 13.8. The van der Waals surface area contributed by atoms with E-state index < -0.39 is 47.4 Å². The van der Waals surface area contributed by atoms with E-state index in [-0.39, 0.29) is 44.1 Å².